The van der Waals surface area contributed by atoms with Crippen LogP contribution in [0.15, 0.2) is 18.2 Å². The topological polar surface area (TPSA) is 58.4 Å². The number of nitrogen functional groups attached to an aromatic ring is 1. The third kappa shape index (κ3) is 3.16. The zero-order chi connectivity index (χ0) is 14.1. The van der Waals surface area contributed by atoms with Crippen molar-refractivity contribution >= 4 is 5.91 Å². The van der Waals surface area contributed by atoms with Gasteiger partial charge in [-0.1, -0.05) is 0 Å². The van der Waals surface area contributed by atoms with Gasteiger partial charge in [0, 0.05) is 30.3 Å². The summed E-state index contributed by atoms with van der Waals surface area (Å²) in [5.74, 6) is 5.28. The molecule has 0 unspecified atom stereocenters. The van der Waals surface area contributed by atoms with Gasteiger partial charge in [0.2, 0.25) is 0 Å². The number of hydrogen-bond acceptors (Lipinski definition) is 3. The summed E-state index contributed by atoms with van der Waals surface area (Å²) in [6.07, 6.45) is 5.00. The van der Waals surface area contributed by atoms with E-state index in [1.807, 2.05) is 0 Å². The fourth-order valence-corrected chi connectivity index (χ4v) is 2.55. The predicted octanol–water partition coefficient (Wildman–Crippen LogP) is 1.80. The van der Waals surface area contributed by atoms with Gasteiger partial charge >= 0.3 is 0 Å². The SMILES string of the molecule is NNC(=O)c1ccc(F)c(CN(CC2CC2)C2CC2)c1. The van der Waals surface area contributed by atoms with Crippen LogP contribution in [-0.4, -0.2) is 23.4 Å². The minimum Gasteiger partial charge on any atom is -0.296 e. The smallest absolute Gasteiger partial charge is 0.265 e. The van der Waals surface area contributed by atoms with Crippen LogP contribution in [0.3, 0.4) is 0 Å². The number of hydrazine groups is 1. The van der Waals surface area contributed by atoms with Crippen LogP contribution in [-0.2, 0) is 6.54 Å². The van der Waals surface area contributed by atoms with Gasteiger partial charge in [-0.3, -0.25) is 15.1 Å². The van der Waals surface area contributed by atoms with E-state index in [1.54, 1.807) is 6.07 Å². The lowest BCUT2D eigenvalue weighted by Gasteiger charge is -2.22. The fraction of sp³-hybridized carbons (Fsp3) is 0.533. The molecule has 2 fully saturated rings. The highest BCUT2D eigenvalue weighted by atomic mass is 19.1. The van der Waals surface area contributed by atoms with Gasteiger partial charge in [-0.15, -0.1) is 0 Å². The molecule has 4 nitrogen and oxygen atoms in total. The molecule has 0 saturated heterocycles. The van der Waals surface area contributed by atoms with E-state index >= 15 is 0 Å². The molecule has 0 aromatic heterocycles. The summed E-state index contributed by atoms with van der Waals surface area (Å²) in [4.78, 5) is 13.9. The van der Waals surface area contributed by atoms with Crippen LogP contribution >= 0.6 is 0 Å². The second-order valence-electron chi connectivity index (χ2n) is 5.88. The Balaban J connectivity index is 1.75. The average Bonchev–Trinajstić information content (AvgIpc) is 3.31. The Morgan fingerprint density at radius 2 is 2.10 bits per heavy atom. The van der Waals surface area contributed by atoms with E-state index in [4.69, 9.17) is 5.84 Å². The first-order valence-electron chi connectivity index (χ1n) is 7.21. The van der Waals surface area contributed by atoms with Crippen LogP contribution in [0.1, 0.15) is 41.6 Å². The predicted molar refractivity (Wildman–Crippen MR) is 74.2 cm³/mol. The maximum Gasteiger partial charge on any atom is 0.265 e. The van der Waals surface area contributed by atoms with Crippen molar-refractivity contribution in [2.75, 3.05) is 6.54 Å². The second-order valence-corrected chi connectivity index (χ2v) is 5.88. The molecular weight excluding hydrogens is 257 g/mol. The molecule has 3 N–H and O–H groups in total. The zero-order valence-electron chi connectivity index (χ0n) is 11.4. The molecule has 3 rings (SSSR count). The van der Waals surface area contributed by atoms with E-state index in [0.717, 1.165) is 12.5 Å². The first kappa shape index (κ1) is 13.5. The molecule has 1 aromatic rings. The van der Waals surface area contributed by atoms with Gasteiger partial charge in [-0.25, -0.2) is 10.2 Å². The van der Waals surface area contributed by atoms with E-state index in [2.05, 4.69) is 10.3 Å². The number of benzene rings is 1. The van der Waals surface area contributed by atoms with E-state index in [1.165, 1.54) is 37.8 Å². The molecule has 0 atom stereocenters. The standard InChI is InChI=1S/C15H20FN3O/c16-14-6-3-11(15(20)18-17)7-12(14)9-19(13-4-5-13)8-10-1-2-10/h3,6-7,10,13H,1-2,4-5,8-9,17H2,(H,18,20). The number of halogens is 1. The largest absolute Gasteiger partial charge is 0.296 e. The average molecular weight is 277 g/mol. The van der Waals surface area contributed by atoms with Crippen LogP contribution in [0.4, 0.5) is 4.39 Å². The van der Waals surface area contributed by atoms with E-state index in [0.29, 0.717) is 23.7 Å². The molecule has 20 heavy (non-hydrogen) atoms. The molecule has 0 spiro atoms. The van der Waals surface area contributed by atoms with Gasteiger partial charge in [-0.2, -0.15) is 0 Å². The Labute approximate surface area is 118 Å². The molecule has 2 aliphatic carbocycles. The summed E-state index contributed by atoms with van der Waals surface area (Å²) in [5.41, 5.74) is 3.07. The molecule has 0 bridgehead atoms. The number of nitrogens with one attached hydrogen (secondary N) is 1. The summed E-state index contributed by atoms with van der Waals surface area (Å²) < 4.78 is 13.9. The Kier molecular flexibility index (Phi) is 3.72. The van der Waals surface area contributed by atoms with Crippen LogP contribution in [0.25, 0.3) is 0 Å². The summed E-state index contributed by atoms with van der Waals surface area (Å²) in [5, 5.41) is 0. The normalized spacial score (nSPS) is 18.4. The lowest BCUT2D eigenvalue weighted by molar-refractivity contribution is 0.0953. The summed E-state index contributed by atoms with van der Waals surface area (Å²) in [7, 11) is 0. The zero-order valence-corrected chi connectivity index (χ0v) is 11.4. The van der Waals surface area contributed by atoms with Crippen molar-refractivity contribution in [1.29, 1.82) is 0 Å². The first-order chi connectivity index (χ1) is 9.67. The molecule has 5 heteroatoms. The van der Waals surface area contributed by atoms with Crippen LogP contribution in [0.2, 0.25) is 0 Å². The maximum atomic E-state index is 13.9. The second kappa shape index (κ2) is 5.50. The Morgan fingerprint density at radius 1 is 1.35 bits per heavy atom. The first-order valence-corrected chi connectivity index (χ1v) is 7.21. The molecule has 0 aliphatic heterocycles. The summed E-state index contributed by atoms with van der Waals surface area (Å²) in [6, 6.07) is 5.02. The molecule has 2 saturated carbocycles. The van der Waals surface area contributed by atoms with Crippen molar-refractivity contribution in [3.05, 3.63) is 35.1 Å². The van der Waals surface area contributed by atoms with Gasteiger partial charge in [-0.05, 0) is 49.8 Å². The number of rotatable bonds is 6. The molecule has 108 valence electrons. The number of nitrogens with zero attached hydrogens (tertiary/aromatic N) is 1. The Morgan fingerprint density at radius 3 is 2.70 bits per heavy atom. The Bertz CT molecular complexity index is 512. The quantitative estimate of drug-likeness (QED) is 0.473. The summed E-state index contributed by atoms with van der Waals surface area (Å²) in [6.45, 7) is 1.64. The molecular formula is C15H20FN3O. The van der Waals surface area contributed by atoms with Crippen LogP contribution < -0.4 is 11.3 Å². The van der Waals surface area contributed by atoms with Gasteiger partial charge in [0.15, 0.2) is 0 Å². The van der Waals surface area contributed by atoms with Gasteiger partial charge in [0.25, 0.3) is 5.91 Å². The van der Waals surface area contributed by atoms with Crippen molar-refractivity contribution in [1.82, 2.24) is 10.3 Å². The molecule has 0 heterocycles. The number of hydrogen-bond donors (Lipinski definition) is 2. The fourth-order valence-electron chi connectivity index (χ4n) is 2.55. The third-order valence-corrected chi connectivity index (χ3v) is 4.07. The van der Waals surface area contributed by atoms with Crippen LogP contribution in [0.5, 0.6) is 0 Å². The lowest BCUT2D eigenvalue weighted by Crippen LogP contribution is -2.31. The van der Waals surface area contributed by atoms with E-state index in [-0.39, 0.29) is 11.7 Å². The molecule has 1 amide bonds. The lowest BCUT2D eigenvalue weighted by atomic mass is 10.1. The molecule has 0 radical (unpaired) electrons. The number of amides is 1. The van der Waals surface area contributed by atoms with Gasteiger partial charge in [0.1, 0.15) is 5.82 Å². The van der Waals surface area contributed by atoms with E-state index < -0.39 is 0 Å². The van der Waals surface area contributed by atoms with Crippen molar-refractivity contribution in [3.63, 3.8) is 0 Å². The van der Waals surface area contributed by atoms with Gasteiger partial charge < -0.3 is 0 Å². The highest BCUT2D eigenvalue weighted by Crippen LogP contribution is 2.35. The van der Waals surface area contributed by atoms with Crippen molar-refractivity contribution in [3.8, 4) is 0 Å². The highest BCUT2D eigenvalue weighted by molar-refractivity contribution is 5.93. The number of carbonyl (C=O) groups is 1. The minimum atomic E-state index is -0.383. The van der Waals surface area contributed by atoms with E-state index in [9.17, 15) is 9.18 Å². The third-order valence-electron chi connectivity index (χ3n) is 4.07. The van der Waals surface area contributed by atoms with Crippen molar-refractivity contribution in [2.45, 2.75) is 38.3 Å². The Hall–Kier alpha value is -1.46. The van der Waals surface area contributed by atoms with Crippen molar-refractivity contribution in [2.24, 2.45) is 11.8 Å². The number of nitrogens with two attached hydrogens (primary N) is 1. The highest BCUT2D eigenvalue weighted by Gasteiger charge is 2.33. The van der Waals surface area contributed by atoms with Gasteiger partial charge in [0.05, 0.1) is 0 Å². The van der Waals surface area contributed by atoms with Crippen molar-refractivity contribution < 1.29 is 9.18 Å². The monoisotopic (exact) mass is 277 g/mol. The molecule has 2 aliphatic rings. The summed E-state index contributed by atoms with van der Waals surface area (Å²) >= 11 is 0. The molecule has 1 aromatic carbocycles. The minimum absolute atomic E-state index is 0.250. The maximum absolute atomic E-state index is 13.9. The number of carbonyl (C=O) groups excluding carboxylic acids is 1. The van der Waals surface area contributed by atoms with Crippen LogP contribution in [0, 0.1) is 11.7 Å².